The second-order valence-electron chi connectivity index (χ2n) is 6.12. The Morgan fingerprint density at radius 1 is 1.14 bits per heavy atom. The smallest absolute Gasteiger partial charge is 0.338 e. The van der Waals surface area contributed by atoms with E-state index in [1.54, 1.807) is 25.1 Å². The second kappa shape index (κ2) is 9.18. The van der Waals surface area contributed by atoms with E-state index < -0.39 is 28.5 Å². The van der Waals surface area contributed by atoms with Gasteiger partial charge in [-0.25, -0.2) is 13.2 Å². The molecule has 1 amide bonds. The molecule has 0 bridgehead atoms. The van der Waals surface area contributed by atoms with Crippen LogP contribution in [0.15, 0.2) is 60.0 Å². The maximum atomic E-state index is 12.6. The van der Waals surface area contributed by atoms with Crippen molar-refractivity contribution in [2.75, 3.05) is 17.9 Å². The first kappa shape index (κ1) is 21.2. The molecule has 0 aliphatic carbocycles. The number of nitrogens with one attached hydrogen (secondary N) is 2. The van der Waals surface area contributed by atoms with Crippen LogP contribution in [0.5, 0.6) is 0 Å². The lowest BCUT2D eigenvalue weighted by molar-refractivity contribution is -0.124. The first-order valence-electron chi connectivity index (χ1n) is 8.48. The van der Waals surface area contributed by atoms with Gasteiger partial charge in [0.2, 0.25) is 0 Å². The summed E-state index contributed by atoms with van der Waals surface area (Å²) in [6.07, 6.45) is 1.50. The minimum Gasteiger partial charge on any atom is -0.452 e. The molecule has 2 aromatic rings. The van der Waals surface area contributed by atoms with Crippen LogP contribution in [0.3, 0.4) is 0 Å². The molecule has 0 radical (unpaired) electrons. The number of anilines is 1. The fourth-order valence-electron chi connectivity index (χ4n) is 2.36. The van der Waals surface area contributed by atoms with Gasteiger partial charge in [-0.2, -0.15) is 0 Å². The first-order valence-corrected chi connectivity index (χ1v) is 9.96. The van der Waals surface area contributed by atoms with Crippen molar-refractivity contribution in [3.63, 3.8) is 0 Å². The molecule has 0 saturated carbocycles. The van der Waals surface area contributed by atoms with Gasteiger partial charge in [0.15, 0.2) is 6.61 Å². The molecule has 2 aromatic carbocycles. The maximum Gasteiger partial charge on any atom is 0.338 e. The van der Waals surface area contributed by atoms with Gasteiger partial charge in [-0.3, -0.25) is 9.52 Å². The molecule has 0 unspecified atom stereocenters. The molecule has 0 aliphatic rings. The normalized spacial score (nSPS) is 10.8. The van der Waals surface area contributed by atoms with Gasteiger partial charge in [-0.05, 0) is 49.2 Å². The van der Waals surface area contributed by atoms with Crippen molar-refractivity contribution >= 4 is 27.6 Å². The summed E-state index contributed by atoms with van der Waals surface area (Å²) >= 11 is 0. The summed E-state index contributed by atoms with van der Waals surface area (Å²) in [5.74, 6) is -1.25. The Hall–Kier alpha value is -3.13. The van der Waals surface area contributed by atoms with Crippen molar-refractivity contribution in [2.24, 2.45) is 0 Å². The molecule has 28 heavy (non-hydrogen) atoms. The number of ether oxygens (including phenoxy) is 1. The topological polar surface area (TPSA) is 102 Å². The van der Waals surface area contributed by atoms with E-state index in [1.165, 1.54) is 24.3 Å². The van der Waals surface area contributed by atoms with Crippen LogP contribution >= 0.6 is 0 Å². The van der Waals surface area contributed by atoms with E-state index in [2.05, 4.69) is 16.6 Å². The first-order chi connectivity index (χ1) is 13.2. The third-order valence-electron chi connectivity index (χ3n) is 3.79. The molecule has 0 heterocycles. The van der Waals surface area contributed by atoms with E-state index in [1.807, 2.05) is 13.0 Å². The number of sulfonamides is 1. The summed E-state index contributed by atoms with van der Waals surface area (Å²) in [6.45, 7) is 6.76. The predicted molar refractivity (Wildman–Crippen MR) is 107 cm³/mol. The van der Waals surface area contributed by atoms with Crippen molar-refractivity contribution in [3.8, 4) is 0 Å². The van der Waals surface area contributed by atoms with Gasteiger partial charge >= 0.3 is 5.97 Å². The van der Waals surface area contributed by atoms with Gasteiger partial charge in [0.1, 0.15) is 0 Å². The lowest BCUT2D eigenvalue weighted by atomic mass is 10.1. The Morgan fingerprint density at radius 2 is 1.89 bits per heavy atom. The summed E-state index contributed by atoms with van der Waals surface area (Å²) in [5, 5.41) is 2.48. The fourth-order valence-corrected chi connectivity index (χ4v) is 3.43. The van der Waals surface area contributed by atoms with Crippen LogP contribution in [0.1, 0.15) is 21.5 Å². The van der Waals surface area contributed by atoms with Crippen molar-refractivity contribution in [2.45, 2.75) is 18.7 Å². The minimum absolute atomic E-state index is 0.0728. The summed E-state index contributed by atoms with van der Waals surface area (Å²) in [5.41, 5.74) is 1.93. The highest BCUT2D eigenvalue weighted by Crippen LogP contribution is 2.20. The molecule has 7 nitrogen and oxygen atoms in total. The summed E-state index contributed by atoms with van der Waals surface area (Å²) in [7, 11) is -3.89. The van der Waals surface area contributed by atoms with Gasteiger partial charge in [0.25, 0.3) is 15.9 Å². The largest absolute Gasteiger partial charge is 0.452 e. The highest BCUT2D eigenvalue weighted by atomic mass is 32.2. The average molecular weight is 402 g/mol. The van der Waals surface area contributed by atoms with Crippen molar-refractivity contribution in [1.82, 2.24) is 5.32 Å². The lowest BCUT2D eigenvalue weighted by Crippen LogP contribution is -2.29. The molecule has 0 aliphatic heterocycles. The number of amides is 1. The quantitative estimate of drug-likeness (QED) is 0.522. The number of rotatable bonds is 8. The summed E-state index contributed by atoms with van der Waals surface area (Å²) < 4.78 is 32.7. The summed E-state index contributed by atoms with van der Waals surface area (Å²) in [4.78, 5) is 23.7. The standard InChI is InChI=1S/C20H22N2O5S/c1-4-10-21-19(23)13-27-20(24)18-12-17(9-8-15(18)3)28(25,26)22-16-7-5-6-14(2)11-16/h4-9,11-12,22H,1,10,13H2,2-3H3,(H,21,23). The van der Waals surface area contributed by atoms with Gasteiger partial charge in [0, 0.05) is 12.2 Å². The van der Waals surface area contributed by atoms with Gasteiger partial charge in [0.05, 0.1) is 10.5 Å². The van der Waals surface area contributed by atoms with E-state index in [9.17, 15) is 18.0 Å². The zero-order valence-corrected chi connectivity index (χ0v) is 16.5. The molecule has 2 rings (SSSR count). The van der Waals surface area contributed by atoms with Crippen LogP contribution in [-0.4, -0.2) is 33.4 Å². The van der Waals surface area contributed by atoms with Crippen LogP contribution in [0, 0.1) is 13.8 Å². The van der Waals surface area contributed by atoms with E-state index >= 15 is 0 Å². The number of carbonyl (C=O) groups excluding carboxylic acids is 2. The zero-order valence-electron chi connectivity index (χ0n) is 15.7. The maximum absolute atomic E-state index is 12.6. The van der Waals surface area contributed by atoms with E-state index in [0.29, 0.717) is 11.3 Å². The second-order valence-corrected chi connectivity index (χ2v) is 7.80. The third kappa shape index (κ3) is 5.68. The van der Waals surface area contributed by atoms with Crippen LogP contribution in [0.25, 0.3) is 0 Å². The molecule has 0 fully saturated rings. The van der Waals surface area contributed by atoms with E-state index in [-0.39, 0.29) is 17.0 Å². The van der Waals surface area contributed by atoms with Crippen LogP contribution in [0.4, 0.5) is 5.69 Å². The molecular formula is C20H22N2O5S. The van der Waals surface area contributed by atoms with Crippen LogP contribution in [0.2, 0.25) is 0 Å². The third-order valence-corrected chi connectivity index (χ3v) is 5.17. The van der Waals surface area contributed by atoms with Crippen LogP contribution < -0.4 is 10.0 Å². The molecule has 0 saturated heterocycles. The van der Waals surface area contributed by atoms with Crippen molar-refractivity contribution < 1.29 is 22.7 Å². The number of carbonyl (C=O) groups is 2. The molecule has 8 heteroatoms. The van der Waals surface area contributed by atoms with Crippen molar-refractivity contribution in [3.05, 3.63) is 71.8 Å². The fraction of sp³-hybridized carbons (Fsp3) is 0.200. The van der Waals surface area contributed by atoms with E-state index in [0.717, 1.165) is 5.56 Å². The van der Waals surface area contributed by atoms with Gasteiger partial charge in [-0.1, -0.05) is 24.3 Å². The Kier molecular flexibility index (Phi) is 6.94. The number of esters is 1. The van der Waals surface area contributed by atoms with E-state index in [4.69, 9.17) is 4.74 Å². The average Bonchev–Trinajstić information content (AvgIpc) is 2.64. The minimum atomic E-state index is -3.89. The number of hydrogen-bond donors (Lipinski definition) is 2. The molecule has 148 valence electrons. The highest BCUT2D eigenvalue weighted by molar-refractivity contribution is 7.92. The predicted octanol–water partition coefficient (Wildman–Crippen LogP) is 2.56. The highest BCUT2D eigenvalue weighted by Gasteiger charge is 2.19. The number of hydrogen-bond acceptors (Lipinski definition) is 5. The van der Waals surface area contributed by atoms with Crippen LogP contribution in [-0.2, 0) is 19.6 Å². The zero-order chi connectivity index (χ0) is 20.7. The van der Waals surface area contributed by atoms with Crippen molar-refractivity contribution in [1.29, 1.82) is 0 Å². The Labute approximate surface area is 164 Å². The molecular weight excluding hydrogens is 380 g/mol. The number of benzene rings is 2. The molecule has 0 spiro atoms. The molecule has 2 N–H and O–H groups in total. The van der Waals surface area contributed by atoms with Gasteiger partial charge < -0.3 is 10.1 Å². The molecule has 0 atom stereocenters. The Bertz CT molecular complexity index is 999. The van der Waals surface area contributed by atoms with Gasteiger partial charge in [-0.15, -0.1) is 6.58 Å². The molecule has 0 aromatic heterocycles. The Morgan fingerprint density at radius 3 is 2.57 bits per heavy atom. The SMILES string of the molecule is C=CCNC(=O)COC(=O)c1cc(S(=O)(=O)Nc2cccc(C)c2)ccc1C. The monoisotopic (exact) mass is 402 g/mol. The lowest BCUT2D eigenvalue weighted by Gasteiger charge is -2.12. The Balaban J connectivity index is 2.18. The number of aryl methyl sites for hydroxylation is 2. The summed E-state index contributed by atoms with van der Waals surface area (Å²) in [6, 6.07) is 11.1.